The van der Waals surface area contributed by atoms with Crippen LogP contribution in [0.1, 0.15) is 20.3 Å². The molecule has 0 aromatic heterocycles. The van der Waals surface area contributed by atoms with Crippen molar-refractivity contribution in [3.05, 3.63) is 0 Å². The molecule has 1 aliphatic heterocycles. The summed E-state index contributed by atoms with van der Waals surface area (Å²) in [5.74, 6) is 0.576. The highest BCUT2D eigenvalue weighted by molar-refractivity contribution is 5.90. The fourth-order valence-corrected chi connectivity index (χ4v) is 1.78. The van der Waals surface area contributed by atoms with Crippen molar-refractivity contribution in [1.82, 2.24) is 10.2 Å². The number of likely N-dealkylation sites (tertiary alicyclic amines) is 1. The summed E-state index contributed by atoms with van der Waals surface area (Å²) in [7, 11) is 3.91. The second-order valence-corrected chi connectivity index (χ2v) is 4.49. The van der Waals surface area contributed by atoms with Gasteiger partial charge in [-0.15, -0.1) is 0 Å². The van der Waals surface area contributed by atoms with Gasteiger partial charge in [-0.2, -0.15) is 0 Å². The minimum absolute atomic E-state index is 0.229. The van der Waals surface area contributed by atoms with Gasteiger partial charge >= 0.3 is 0 Å². The van der Waals surface area contributed by atoms with Crippen LogP contribution in [0.25, 0.3) is 0 Å². The first-order chi connectivity index (χ1) is 5.97. The molecule has 0 spiro atoms. The molecule has 0 bridgehead atoms. The van der Waals surface area contributed by atoms with Gasteiger partial charge < -0.3 is 10.2 Å². The molecule has 3 nitrogen and oxygen atoms in total. The summed E-state index contributed by atoms with van der Waals surface area (Å²) in [4.78, 5) is 14.2. The van der Waals surface area contributed by atoms with E-state index in [1.165, 1.54) is 0 Å². The summed E-state index contributed by atoms with van der Waals surface area (Å²) in [6, 6.07) is 0. The second-order valence-electron chi connectivity index (χ2n) is 4.49. The van der Waals surface area contributed by atoms with Gasteiger partial charge in [0, 0.05) is 12.5 Å². The number of nitrogens with zero attached hydrogens (tertiary/aromatic N) is 1. The molecule has 1 N–H and O–H groups in total. The van der Waals surface area contributed by atoms with Crippen LogP contribution in [0.3, 0.4) is 0 Å². The number of carbonyl (C=O) groups is 1. The third-order valence-corrected chi connectivity index (χ3v) is 3.00. The van der Waals surface area contributed by atoms with Crippen molar-refractivity contribution in [2.24, 2.45) is 5.92 Å². The lowest BCUT2D eigenvalue weighted by molar-refractivity contribution is -0.127. The average molecular weight is 184 g/mol. The molecule has 1 aliphatic rings. The SMILES string of the molecule is CNC(C)(C)C(=O)C1CCN(C)C1. The van der Waals surface area contributed by atoms with Crippen molar-refractivity contribution in [3.8, 4) is 0 Å². The van der Waals surface area contributed by atoms with Crippen molar-refractivity contribution >= 4 is 5.78 Å². The molecule has 0 aliphatic carbocycles. The van der Waals surface area contributed by atoms with Crippen LogP contribution < -0.4 is 5.32 Å². The van der Waals surface area contributed by atoms with E-state index in [1.807, 2.05) is 20.9 Å². The van der Waals surface area contributed by atoms with Crippen molar-refractivity contribution in [2.75, 3.05) is 27.2 Å². The van der Waals surface area contributed by atoms with Crippen molar-refractivity contribution in [3.63, 3.8) is 0 Å². The zero-order valence-electron chi connectivity index (χ0n) is 9.05. The lowest BCUT2D eigenvalue weighted by Gasteiger charge is -2.25. The first-order valence-electron chi connectivity index (χ1n) is 4.89. The molecule has 1 heterocycles. The van der Waals surface area contributed by atoms with E-state index >= 15 is 0 Å². The predicted molar refractivity (Wildman–Crippen MR) is 53.7 cm³/mol. The molecule has 3 heteroatoms. The maximum absolute atomic E-state index is 12.0. The average Bonchev–Trinajstić information content (AvgIpc) is 2.50. The normalized spacial score (nSPS) is 25.1. The molecule has 1 fully saturated rings. The topological polar surface area (TPSA) is 32.3 Å². The van der Waals surface area contributed by atoms with E-state index in [9.17, 15) is 4.79 Å². The first kappa shape index (κ1) is 10.7. The van der Waals surface area contributed by atoms with Gasteiger partial charge in [0.15, 0.2) is 5.78 Å². The zero-order valence-corrected chi connectivity index (χ0v) is 9.05. The highest BCUT2D eigenvalue weighted by Crippen LogP contribution is 2.20. The summed E-state index contributed by atoms with van der Waals surface area (Å²) in [5, 5.41) is 3.06. The fraction of sp³-hybridized carbons (Fsp3) is 0.900. The maximum Gasteiger partial charge on any atom is 0.156 e. The molecular weight excluding hydrogens is 164 g/mol. The number of Topliss-reactive ketones (excluding diaryl/α,β-unsaturated/α-hetero) is 1. The molecule has 0 aromatic rings. The largest absolute Gasteiger partial charge is 0.308 e. The Kier molecular flexibility index (Phi) is 3.09. The molecule has 1 atom stereocenters. The van der Waals surface area contributed by atoms with Crippen LogP contribution in [-0.2, 0) is 4.79 Å². The summed E-state index contributed by atoms with van der Waals surface area (Å²) in [6.45, 7) is 5.88. The van der Waals surface area contributed by atoms with Crippen LogP contribution in [0, 0.1) is 5.92 Å². The molecule has 13 heavy (non-hydrogen) atoms. The quantitative estimate of drug-likeness (QED) is 0.693. The smallest absolute Gasteiger partial charge is 0.156 e. The van der Waals surface area contributed by atoms with Gasteiger partial charge in [-0.25, -0.2) is 0 Å². The second kappa shape index (κ2) is 3.76. The van der Waals surface area contributed by atoms with Gasteiger partial charge in [-0.05, 0) is 40.9 Å². The Morgan fingerprint density at radius 2 is 2.15 bits per heavy atom. The van der Waals surface area contributed by atoms with Gasteiger partial charge in [0.05, 0.1) is 5.54 Å². The molecule has 1 rings (SSSR count). The Hall–Kier alpha value is -0.410. The summed E-state index contributed by atoms with van der Waals surface area (Å²) < 4.78 is 0. The van der Waals surface area contributed by atoms with Gasteiger partial charge in [0.2, 0.25) is 0 Å². The number of hydrogen-bond donors (Lipinski definition) is 1. The zero-order chi connectivity index (χ0) is 10.1. The highest BCUT2D eigenvalue weighted by Gasteiger charge is 2.35. The molecule has 0 amide bonds. The monoisotopic (exact) mass is 184 g/mol. The molecule has 0 aromatic carbocycles. The van der Waals surface area contributed by atoms with Crippen LogP contribution in [0.2, 0.25) is 0 Å². The Morgan fingerprint density at radius 1 is 1.54 bits per heavy atom. The van der Waals surface area contributed by atoms with E-state index in [-0.39, 0.29) is 11.5 Å². The Morgan fingerprint density at radius 3 is 2.54 bits per heavy atom. The number of rotatable bonds is 3. The molecule has 1 saturated heterocycles. The molecular formula is C10H20N2O. The molecule has 0 radical (unpaired) electrons. The lowest BCUT2D eigenvalue weighted by Crippen LogP contribution is -2.48. The number of likely N-dealkylation sites (N-methyl/N-ethyl adjacent to an activating group) is 1. The Balaban J connectivity index is 2.58. The van der Waals surface area contributed by atoms with Gasteiger partial charge in [-0.3, -0.25) is 4.79 Å². The lowest BCUT2D eigenvalue weighted by atomic mass is 9.88. The van der Waals surface area contributed by atoms with E-state index in [4.69, 9.17) is 0 Å². The Labute approximate surface area is 80.5 Å². The van der Waals surface area contributed by atoms with Crippen molar-refractivity contribution in [1.29, 1.82) is 0 Å². The van der Waals surface area contributed by atoms with Crippen LogP contribution in [0.5, 0.6) is 0 Å². The summed E-state index contributed by atoms with van der Waals surface area (Å²) in [6.07, 6.45) is 1.01. The van der Waals surface area contributed by atoms with Gasteiger partial charge in [0.1, 0.15) is 0 Å². The first-order valence-corrected chi connectivity index (χ1v) is 4.89. The van der Waals surface area contributed by atoms with Gasteiger partial charge in [0.25, 0.3) is 0 Å². The van der Waals surface area contributed by atoms with Crippen LogP contribution >= 0.6 is 0 Å². The molecule has 0 saturated carbocycles. The fourth-order valence-electron chi connectivity index (χ4n) is 1.78. The Bertz CT molecular complexity index is 201. The number of ketones is 1. The molecule has 76 valence electrons. The van der Waals surface area contributed by atoms with E-state index in [0.29, 0.717) is 5.78 Å². The van der Waals surface area contributed by atoms with E-state index in [1.54, 1.807) is 0 Å². The van der Waals surface area contributed by atoms with E-state index in [0.717, 1.165) is 19.5 Å². The van der Waals surface area contributed by atoms with E-state index in [2.05, 4.69) is 17.3 Å². The van der Waals surface area contributed by atoms with Crippen LogP contribution in [-0.4, -0.2) is 43.4 Å². The van der Waals surface area contributed by atoms with Gasteiger partial charge in [-0.1, -0.05) is 0 Å². The standard InChI is InChI=1S/C10H20N2O/c1-10(2,11-3)9(13)8-5-6-12(4)7-8/h8,11H,5-7H2,1-4H3. The summed E-state index contributed by atoms with van der Waals surface area (Å²) >= 11 is 0. The third kappa shape index (κ3) is 2.29. The highest BCUT2D eigenvalue weighted by atomic mass is 16.1. The minimum atomic E-state index is -0.365. The minimum Gasteiger partial charge on any atom is -0.308 e. The van der Waals surface area contributed by atoms with Crippen LogP contribution in [0.15, 0.2) is 0 Å². The van der Waals surface area contributed by atoms with Crippen molar-refractivity contribution in [2.45, 2.75) is 25.8 Å². The maximum atomic E-state index is 12.0. The third-order valence-electron chi connectivity index (χ3n) is 3.00. The number of hydrogen-bond acceptors (Lipinski definition) is 3. The number of carbonyl (C=O) groups excluding carboxylic acids is 1. The van der Waals surface area contributed by atoms with E-state index < -0.39 is 0 Å². The van der Waals surface area contributed by atoms with Crippen molar-refractivity contribution < 1.29 is 4.79 Å². The van der Waals surface area contributed by atoms with Crippen LogP contribution in [0.4, 0.5) is 0 Å². The summed E-state index contributed by atoms with van der Waals surface area (Å²) in [5.41, 5.74) is -0.365. The molecule has 1 unspecified atom stereocenters. The predicted octanol–water partition coefficient (Wildman–Crippen LogP) is 0.505. The number of nitrogens with one attached hydrogen (secondary N) is 1.